The number of carbonyl (C=O) groups excluding carboxylic acids is 1. The van der Waals surface area contributed by atoms with Gasteiger partial charge in [-0.1, -0.05) is 25.7 Å². The van der Waals surface area contributed by atoms with Crippen molar-refractivity contribution in [2.45, 2.75) is 44.6 Å². The highest BCUT2D eigenvalue weighted by Crippen LogP contribution is 2.17. The molecule has 1 amide bonds. The van der Waals surface area contributed by atoms with E-state index in [1.54, 1.807) is 18.5 Å². The lowest BCUT2D eigenvalue weighted by molar-refractivity contribution is -0.117. The van der Waals surface area contributed by atoms with E-state index < -0.39 is 0 Å². The molecule has 2 rings (SSSR count). The zero-order valence-corrected chi connectivity index (χ0v) is 10.6. The summed E-state index contributed by atoms with van der Waals surface area (Å²) in [5.74, 6) is 0.0127. The van der Waals surface area contributed by atoms with Crippen LogP contribution in [0.3, 0.4) is 0 Å². The Balaban J connectivity index is 1.82. The van der Waals surface area contributed by atoms with Crippen LogP contribution in [0.2, 0.25) is 0 Å². The minimum Gasteiger partial charge on any atom is -0.350 e. The number of hydrogen-bond donors (Lipinski definition) is 1. The molecule has 1 aliphatic carbocycles. The average Bonchev–Trinajstić information content (AvgIpc) is 2.66. The number of carbonyl (C=O) groups is 1. The molecule has 0 saturated heterocycles. The topological polar surface area (TPSA) is 42.0 Å². The number of hydrogen-bond acceptors (Lipinski definition) is 2. The van der Waals surface area contributed by atoms with Gasteiger partial charge in [-0.15, -0.1) is 0 Å². The van der Waals surface area contributed by atoms with Gasteiger partial charge in [0.2, 0.25) is 5.91 Å². The summed E-state index contributed by atoms with van der Waals surface area (Å²) in [5, 5.41) is 3.09. The minimum absolute atomic E-state index is 0.0127. The Hall–Kier alpha value is -1.64. The summed E-state index contributed by atoms with van der Waals surface area (Å²) < 4.78 is 0. The van der Waals surface area contributed by atoms with Crippen LogP contribution >= 0.6 is 0 Å². The quantitative estimate of drug-likeness (QED) is 0.656. The van der Waals surface area contributed by atoms with Crippen molar-refractivity contribution in [2.24, 2.45) is 0 Å². The van der Waals surface area contributed by atoms with Crippen LogP contribution in [0.5, 0.6) is 0 Å². The fourth-order valence-corrected chi connectivity index (χ4v) is 2.32. The second kappa shape index (κ2) is 6.94. The van der Waals surface area contributed by atoms with Crippen LogP contribution in [-0.2, 0) is 4.79 Å². The molecule has 0 aliphatic heterocycles. The molecule has 0 unspecified atom stereocenters. The van der Waals surface area contributed by atoms with E-state index in [9.17, 15) is 4.79 Å². The Morgan fingerprint density at radius 2 is 1.83 bits per heavy atom. The summed E-state index contributed by atoms with van der Waals surface area (Å²) in [4.78, 5) is 15.7. The van der Waals surface area contributed by atoms with Crippen molar-refractivity contribution >= 4 is 12.0 Å². The van der Waals surface area contributed by atoms with Crippen molar-refractivity contribution in [1.29, 1.82) is 0 Å². The van der Waals surface area contributed by atoms with Crippen LogP contribution in [0.4, 0.5) is 0 Å². The first-order valence-electron chi connectivity index (χ1n) is 6.73. The predicted octanol–water partition coefficient (Wildman–Crippen LogP) is 2.93. The molecule has 3 nitrogen and oxygen atoms in total. The summed E-state index contributed by atoms with van der Waals surface area (Å²) in [6, 6.07) is 4.13. The lowest BCUT2D eigenvalue weighted by Gasteiger charge is -2.14. The van der Waals surface area contributed by atoms with E-state index in [0.29, 0.717) is 6.04 Å². The van der Waals surface area contributed by atoms with Gasteiger partial charge in [0.25, 0.3) is 0 Å². The molecule has 0 radical (unpaired) electrons. The highest BCUT2D eigenvalue weighted by molar-refractivity contribution is 5.91. The zero-order chi connectivity index (χ0) is 12.6. The third-order valence-corrected chi connectivity index (χ3v) is 3.33. The van der Waals surface area contributed by atoms with Crippen LogP contribution in [0, 0.1) is 0 Å². The average molecular weight is 244 g/mol. The fraction of sp³-hybridized carbons (Fsp3) is 0.467. The Kier molecular flexibility index (Phi) is 4.94. The number of rotatable bonds is 3. The lowest BCUT2D eigenvalue weighted by atomic mass is 10.1. The molecule has 18 heavy (non-hydrogen) atoms. The predicted molar refractivity (Wildman–Crippen MR) is 72.9 cm³/mol. The molecule has 0 bridgehead atoms. The van der Waals surface area contributed by atoms with E-state index in [1.165, 1.54) is 25.7 Å². The summed E-state index contributed by atoms with van der Waals surface area (Å²) in [7, 11) is 0. The molecule has 1 aromatic heterocycles. The van der Waals surface area contributed by atoms with Crippen molar-refractivity contribution in [2.75, 3.05) is 0 Å². The lowest BCUT2D eigenvalue weighted by Crippen LogP contribution is -2.33. The van der Waals surface area contributed by atoms with Gasteiger partial charge < -0.3 is 5.32 Å². The zero-order valence-electron chi connectivity index (χ0n) is 10.6. The first-order valence-corrected chi connectivity index (χ1v) is 6.73. The molecule has 1 heterocycles. The van der Waals surface area contributed by atoms with Crippen LogP contribution in [-0.4, -0.2) is 16.9 Å². The van der Waals surface area contributed by atoms with Gasteiger partial charge in [-0.25, -0.2) is 0 Å². The van der Waals surface area contributed by atoms with E-state index in [2.05, 4.69) is 10.3 Å². The van der Waals surface area contributed by atoms with E-state index in [4.69, 9.17) is 0 Å². The Morgan fingerprint density at radius 3 is 2.50 bits per heavy atom. The van der Waals surface area contributed by atoms with Gasteiger partial charge in [0.1, 0.15) is 0 Å². The maximum Gasteiger partial charge on any atom is 0.244 e. The van der Waals surface area contributed by atoms with E-state index >= 15 is 0 Å². The van der Waals surface area contributed by atoms with E-state index in [-0.39, 0.29) is 5.91 Å². The summed E-state index contributed by atoms with van der Waals surface area (Å²) in [6.07, 6.45) is 14.2. The molecule has 3 heteroatoms. The normalized spacial score (nSPS) is 17.6. The van der Waals surface area contributed by atoms with Gasteiger partial charge in [-0.3, -0.25) is 9.78 Å². The Bertz CT molecular complexity index is 392. The molecule has 1 saturated carbocycles. The standard InChI is InChI=1S/C15H20N2O/c18-15(8-7-13-9-11-16-12-10-13)17-14-5-3-1-2-4-6-14/h7-12,14H,1-6H2,(H,17,18)/b8-7+. The highest BCUT2D eigenvalue weighted by Gasteiger charge is 2.12. The van der Waals surface area contributed by atoms with Crippen LogP contribution in [0.1, 0.15) is 44.1 Å². The Morgan fingerprint density at radius 1 is 1.17 bits per heavy atom. The maximum atomic E-state index is 11.8. The number of pyridine rings is 1. The molecule has 1 fully saturated rings. The Labute approximate surface area is 108 Å². The van der Waals surface area contributed by atoms with Crippen LogP contribution in [0.25, 0.3) is 6.08 Å². The van der Waals surface area contributed by atoms with Gasteiger partial charge in [-0.05, 0) is 36.6 Å². The van der Waals surface area contributed by atoms with Gasteiger partial charge in [0, 0.05) is 24.5 Å². The monoisotopic (exact) mass is 244 g/mol. The summed E-state index contributed by atoms with van der Waals surface area (Å²) >= 11 is 0. The molecule has 0 atom stereocenters. The number of nitrogens with one attached hydrogen (secondary N) is 1. The first-order chi connectivity index (χ1) is 8.84. The third-order valence-electron chi connectivity index (χ3n) is 3.33. The van der Waals surface area contributed by atoms with Gasteiger partial charge in [0.05, 0.1) is 0 Å². The molecular weight excluding hydrogens is 224 g/mol. The van der Waals surface area contributed by atoms with Crippen molar-refractivity contribution < 1.29 is 4.79 Å². The minimum atomic E-state index is 0.0127. The molecule has 1 aromatic rings. The van der Waals surface area contributed by atoms with Gasteiger partial charge in [-0.2, -0.15) is 0 Å². The second-order valence-corrected chi connectivity index (χ2v) is 4.81. The van der Waals surface area contributed by atoms with Crippen molar-refractivity contribution in [3.63, 3.8) is 0 Å². The SMILES string of the molecule is O=C(/C=C/c1ccncc1)NC1CCCCCC1. The fourth-order valence-electron chi connectivity index (χ4n) is 2.32. The van der Waals surface area contributed by atoms with Crippen molar-refractivity contribution in [3.05, 3.63) is 36.2 Å². The summed E-state index contributed by atoms with van der Waals surface area (Å²) in [5.41, 5.74) is 1.00. The van der Waals surface area contributed by atoms with Crippen molar-refractivity contribution in [3.8, 4) is 0 Å². The molecule has 0 aromatic carbocycles. The van der Waals surface area contributed by atoms with E-state index in [1.807, 2.05) is 18.2 Å². The van der Waals surface area contributed by atoms with Crippen LogP contribution in [0.15, 0.2) is 30.6 Å². The van der Waals surface area contributed by atoms with E-state index in [0.717, 1.165) is 18.4 Å². The number of nitrogens with zero attached hydrogens (tertiary/aromatic N) is 1. The second-order valence-electron chi connectivity index (χ2n) is 4.81. The molecule has 96 valence electrons. The van der Waals surface area contributed by atoms with Gasteiger partial charge in [0.15, 0.2) is 0 Å². The smallest absolute Gasteiger partial charge is 0.244 e. The largest absolute Gasteiger partial charge is 0.350 e. The maximum absolute atomic E-state index is 11.8. The molecule has 1 N–H and O–H groups in total. The number of aromatic nitrogens is 1. The number of amides is 1. The van der Waals surface area contributed by atoms with Crippen LogP contribution < -0.4 is 5.32 Å². The van der Waals surface area contributed by atoms with Gasteiger partial charge >= 0.3 is 0 Å². The summed E-state index contributed by atoms with van der Waals surface area (Å²) in [6.45, 7) is 0. The molecule has 1 aliphatic rings. The highest BCUT2D eigenvalue weighted by atomic mass is 16.1. The first kappa shape index (κ1) is 12.8. The van der Waals surface area contributed by atoms with Crippen molar-refractivity contribution in [1.82, 2.24) is 10.3 Å². The molecular formula is C15H20N2O. The third kappa shape index (κ3) is 4.32. The molecule has 0 spiro atoms.